The molecule has 4 heteroatoms. The van der Waals surface area contributed by atoms with Crippen molar-refractivity contribution in [2.45, 2.75) is 66.0 Å². The SMILES string of the molecule is Cc1cc(OC(C)C(=O)NC(C)(C#N)C(C)C)ccc1C(C)C. The Bertz CT molecular complexity index is 602. The molecule has 1 amide bonds. The zero-order valence-electron chi connectivity index (χ0n) is 15.2. The molecule has 126 valence electrons. The maximum absolute atomic E-state index is 12.3. The Labute approximate surface area is 139 Å². The number of nitrogens with zero attached hydrogens (tertiary/aromatic N) is 1. The summed E-state index contributed by atoms with van der Waals surface area (Å²) < 4.78 is 5.74. The summed E-state index contributed by atoms with van der Waals surface area (Å²) in [5, 5.41) is 12.1. The number of rotatable bonds is 6. The normalized spacial score (nSPS) is 15.0. The van der Waals surface area contributed by atoms with Gasteiger partial charge in [0, 0.05) is 0 Å². The second-order valence-corrected chi connectivity index (χ2v) is 6.89. The molecule has 0 heterocycles. The minimum absolute atomic E-state index is 0.0104. The van der Waals surface area contributed by atoms with Crippen molar-refractivity contribution in [1.82, 2.24) is 5.32 Å². The van der Waals surface area contributed by atoms with Gasteiger partial charge >= 0.3 is 0 Å². The Kier molecular flexibility index (Phi) is 6.20. The van der Waals surface area contributed by atoms with E-state index in [1.54, 1.807) is 13.8 Å². The van der Waals surface area contributed by atoms with E-state index in [4.69, 9.17) is 4.74 Å². The van der Waals surface area contributed by atoms with Crippen molar-refractivity contribution < 1.29 is 9.53 Å². The van der Waals surface area contributed by atoms with E-state index in [1.807, 2.05) is 39.0 Å². The second-order valence-electron chi connectivity index (χ2n) is 6.89. The van der Waals surface area contributed by atoms with Crippen LogP contribution < -0.4 is 10.1 Å². The van der Waals surface area contributed by atoms with Crippen molar-refractivity contribution in [3.05, 3.63) is 29.3 Å². The summed E-state index contributed by atoms with van der Waals surface area (Å²) in [5.74, 6) is 0.842. The standard InChI is InChI=1S/C19H28N2O2/c1-12(2)17-9-8-16(10-14(17)5)23-15(6)18(22)21-19(7,11-20)13(3)4/h8-10,12-13,15H,1-7H3,(H,21,22). The van der Waals surface area contributed by atoms with Gasteiger partial charge in [-0.05, 0) is 55.9 Å². The molecule has 0 aliphatic rings. The van der Waals surface area contributed by atoms with Gasteiger partial charge in [0.2, 0.25) is 0 Å². The number of ether oxygens (including phenoxy) is 1. The molecule has 23 heavy (non-hydrogen) atoms. The molecule has 1 rings (SSSR count). The van der Waals surface area contributed by atoms with Crippen LogP contribution in [0.2, 0.25) is 0 Å². The van der Waals surface area contributed by atoms with E-state index in [9.17, 15) is 10.1 Å². The van der Waals surface area contributed by atoms with Crippen molar-refractivity contribution in [3.8, 4) is 11.8 Å². The molecule has 0 saturated heterocycles. The molecule has 0 aliphatic carbocycles. The Morgan fingerprint density at radius 3 is 2.30 bits per heavy atom. The highest BCUT2D eigenvalue weighted by Gasteiger charge is 2.32. The lowest BCUT2D eigenvalue weighted by Crippen LogP contribution is -2.52. The van der Waals surface area contributed by atoms with Gasteiger partial charge in [0.15, 0.2) is 6.10 Å². The van der Waals surface area contributed by atoms with Gasteiger partial charge in [0.1, 0.15) is 11.3 Å². The quantitative estimate of drug-likeness (QED) is 0.864. The first kappa shape index (κ1) is 19.0. The van der Waals surface area contributed by atoms with Gasteiger partial charge < -0.3 is 10.1 Å². The van der Waals surface area contributed by atoms with Gasteiger partial charge in [0.05, 0.1) is 6.07 Å². The lowest BCUT2D eigenvalue weighted by molar-refractivity contribution is -0.128. The van der Waals surface area contributed by atoms with Gasteiger partial charge in [-0.15, -0.1) is 0 Å². The van der Waals surface area contributed by atoms with Crippen LogP contribution in [-0.4, -0.2) is 17.6 Å². The molecule has 2 atom stereocenters. The van der Waals surface area contributed by atoms with Crippen molar-refractivity contribution in [2.24, 2.45) is 5.92 Å². The largest absolute Gasteiger partial charge is 0.481 e. The summed E-state index contributed by atoms with van der Waals surface area (Å²) in [7, 11) is 0. The summed E-state index contributed by atoms with van der Waals surface area (Å²) in [5.41, 5.74) is 1.52. The minimum Gasteiger partial charge on any atom is -0.481 e. The second kappa shape index (κ2) is 7.50. The highest BCUT2D eigenvalue weighted by Crippen LogP contribution is 2.24. The Morgan fingerprint density at radius 2 is 1.87 bits per heavy atom. The van der Waals surface area contributed by atoms with Gasteiger partial charge in [-0.3, -0.25) is 4.79 Å². The van der Waals surface area contributed by atoms with Crippen LogP contribution in [0.1, 0.15) is 58.6 Å². The zero-order valence-corrected chi connectivity index (χ0v) is 15.2. The van der Waals surface area contributed by atoms with Gasteiger partial charge in [-0.2, -0.15) is 5.26 Å². The summed E-state index contributed by atoms with van der Waals surface area (Å²) in [6.45, 7) is 13.6. The zero-order chi connectivity index (χ0) is 17.8. The van der Waals surface area contributed by atoms with Crippen molar-refractivity contribution in [2.75, 3.05) is 0 Å². The molecular formula is C19H28N2O2. The van der Waals surface area contributed by atoms with Crippen LogP contribution in [0.15, 0.2) is 18.2 Å². The number of benzene rings is 1. The molecule has 0 radical (unpaired) electrons. The lowest BCUT2D eigenvalue weighted by Gasteiger charge is -2.28. The number of carbonyl (C=O) groups excluding carboxylic acids is 1. The molecule has 0 aliphatic heterocycles. The number of nitriles is 1. The first-order valence-corrected chi connectivity index (χ1v) is 8.11. The number of amides is 1. The molecule has 0 bridgehead atoms. The first-order chi connectivity index (χ1) is 10.6. The van der Waals surface area contributed by atoms with Crippen LogP contribution in [0.3, 0.4) is 0 Å². The van der Waals surface area contributed by atoms with E-state index in [1.165, 1.54) is 5.56 Å². The number of hydrogen-bond donors (Lipinski definition) is 1. The number of hydrogen-bond acceptors (Lipinski definition) is 3. The minimum atomic E-state index is -0.897. The molecule has 1 aromatic rings. The maximum atomic E-state index is 12.3. The highest BCUT2D eigenvalue weighted by atomic mass is 16.5. The van der Waals surface area contributed by atoms with Crippen LogP contribution in [0.5, 0.6) is 5.75 Å². The topological polar surface area (TPSA) is 62.1 Å². The molecule has 0 fully saturated rings. The van der Waals surface area contributed by atoms with Crippen molar-refractivity contribution >= 4 is 5.91 Å². The highest BCUT2D eigenvalue weighted by molar-refractivity contribution is 5.81. The van der Waals surface area contributed by atoms with Crippen LogP contribution >= 0.6 is 0 Å². The third kappa shape index (κ3) is 4.72. The van der Waals surface area contributed by atoms with E-state index in [0.717, 1.165) is 5.56 Å². The Balaban J connectivity index is 2.80. The number of aryl methyl sites for hydroxylation is 1. The molecule has 1 N–H and O–H groups in total. The predicted octanol–water partition coefficient (Wildman–Crippen LogP) is 3.94. The third-order valence-corrected chi connectivity index (χ3v) is 4.32. The summed E-state index contributed by atoms with van der Waals surface area (Å²) in [4.78, 5) is 12.3. The van der Waals surface area contributed by atoms with Crippen molar-refractivity contribution in [1.29, 1.82) is 5.26 Å². The molecule has 0 spiro atoms. The van der Waals surface area contributed by atoms with Crippen molar-refractivity contribution in [3.63, 3.8) is 0 Å². The average Bonchev–Trinajstić information content (AvgIpc) is 2.46. The van der Waals surface area contributed by atoms with Gasteiger partial charge in [-0.25, -0.2) is 0 Å². The summed E-state index contributed by atoms with van der Waals surface area (Å²) in [6, 6.07) is 8.04. The maximum Gasteiger partial charge on any atom is 0.262 e. The third-order valence-electron chi connectivity index (χ3n) is 4.32. The number of nitrogens with one attached hydrogen (secondary N) is 1. The van der Waals surface area contributed by atoms with Crippen LogP contribution in [-0.2, 0) is 4.79 Å². The molecular weight excluding hydrogens is 288 g/mol. The summed E-state index contributed by atoms with van der Waals surface area (Å²) >= 11 is 0. The molecule has 1 aromatic carbocycles. The molecule has 0 aromatic heterocycles. The smallest absolute Gasteiger partial charge is 0.262 e. The van der Waals surface area contributed by atoms with Gasteiger partial charge in [0.25, 0.3) is 5.91 Å². The average molecular weight is 316 g/mol. The molecule has 4 nitrogen and oxygen atoms in total. The Morgan fingerprint density at radius 1 is 1.26 bits per heavy atom. The van der Waals surface area contributed by atoms with E-state index in [-0.39, 0.29) is 11.8 Å². The predicted molar refractivity (Wildman–Crippen MR) is 92.4 cm³/mol. The first-order valence-electron chi connectivity index (χ1n) is 8.11. The van der Waals surface area contributed by atoms with E-state index < -0.39 is 11.6 Å². The van der Waals surface area contributed by atoms with Crippen LogP contribution in [0.25, 0.3) is 0 Å². The van der Waals surface area contributed by atoms with E-state index >= 15 is 0 Å². The van der Waals surface area contributed by atoms with E-state index in [0.29, 0.717) is 11.7 Å². The Hall–Kier alpha value is -2.02. The van der Waals surface area contributed by atoms with Crippen LogP contribution in [0.4, 0.5) is 0 Å². The molecule has 2 unspecified atom stereocenters. The van der Waals surface area contributed by atoms with Crippen LogP contribution in [0, 0.1) is 24.2 Å². The summed E-state index contributed by atoms with van der Waals surface area (Å²) in [6.07, 6.45) is -0.661. The monoisotopic (exact) mass is 316 g/mol. The fourth-order valence-electron chi connectivity index (χ4n) is 2.29. The molecule has 0 saturated carbocycles. The fourth-order valence-corrected chi connectivity index (χ4v) is 2.29. The lowest BCUT2D eigenvalue weighted by atomic mass is 9.90. The number of carbonyl (C=O) groups is 1. The fraction of sp³-hybridized carbons (Fsp3) is 0.579. The van der Waals surface area contributed by atoms with Gasteiger partial charge in [-0.1, -0.05) is 33.8 Å². The van der Waals surface area contributed by atoms with E-state index in [2.05, 4.69) is 25.2 Å².